The zero-order valence-electron chi connectivity index (χ0n) is 21.3. The Kier molecular flexibility index (Phi) is 8.38. The monoisotopic (exact) mass is 531 g/mol. The first-order valence-corrected chi connectivity index (χ1v) is 13.1. The molecule has 1 aliphatic rings. The molecule has 0 bridgehead atoms. The number of morpholine rings is 1. The Morgan fingerprint density at radius 2 is 1.74 bits per heavy atom. The van der Waals surface area contributed by atoms with Crippen LogP contribution in [0.15, 0.2) is 77.3 Å². The number of carbonyl (C=O) groups excluding carboxylic acids is 1. The molecule has 1 saturated heterocycles. The number of hydrogen-bond donors (Lipinski definition) is 1. The number of nitrogens with one attached hydrogen (secondary N) is 1. The first-order chi connectivity index (χ1) is 18.6. The van der Waals surface area contributed by atoms with E-state index in [1.165, 1.54) is 5.56 Å². The molecule has 196 valence electrons. The summed E-state index contributed by atoms with van der Waals surface area (Å²) in [7, 11) is 0. The Morgan fingerprint density at radius 3 is 2.45 bits per heavy atom. The molecule has 0 spiro atoms. The van der Waals surface area contributed by atoms with Crippen molar-refractivity contribution in [3.63, 3.8) is 0 Å². The smallest absolute Gasteiger partial charge is 0.274 e. The Hall–Kier alpha value is -3.65. The van der Waals surface area contributed by atoms with Crippen molar-refractivity contribution >= 4 is 17.5 Å². The molecule has 38 heavy (non-hydrogen) atoms. The van der Waals surface area contributed by atoms with E-state index in [1.54, 1.807) is 6.07 Å². The van der Waals surface area contributed by atoms with Crippen LogP contribution in [-0.4, -0.2) is 48.8 Å². The number of nitrogens with zero attached hydrogens (tertiary/aromatic N) is 2. The molecule has 1 aliphatic heterocycles. The van der Waals surface area contributed by atoms with Gasteiger partial charge in [-0.25, -0.2) is 0 Å². The maximum absolute atomic E-state index is 12.9. The fourth-order valence-corrected chi connectivity index (χ4v) is 4.68. The molecule has 5 rings (SSSR count). The maximum atomic E-state index is 12.9. The summed E-state index contributed by atoms with van der Waals surface area (Å²) in [5.74, 6) is 0.754. The zero-order chi connectivity index (χ0) is 26.3. The molecule has 1 amide bonds. The van der Waals surface area contributed by atoms with Gasteiger partial charge in [0.15, 0.2) is 11.5 Å². The van der Waals surface area contributed by atoms with Gasteiger partial charge >= 0.3 is 0 Å². The topological polar surface area (TPSA) is 76.8 Å². The number of rotatable bonds is 9. The van der Waals surface area contributed by atoms with Gasteiger partial charge in [-0.05, 0) is 41.8 Å². The van der Waals surface area contributed by atoms with E-state index in [-0.39, 0.29) is 11.6 Å². The molecule has 0 saturated carbocycles. The van der Waals surface area contributed by atoms with E-state index in [9.17, 15) is 4.79 Å². The Labute approximate surface area is 227 Å². The van der Waals surface area contributed by atoms with Gasteiger partial charge in [0, 0.05) is 31.7 Å². The lowest BCUT2D eigenvalue weighted by Gasteiger charge is -2.26. The molecule has 0 aliphatic carbocycles. The Bertz CT molecular complexity index is 1370. The average molecular weight is 532 g/mol. The van der Waals surface area contributed by atoms with Crippen molar-refractivity contribution in [2.75, 3.05) is 32.8 Å². The molecule has 0 atom stereocenters. The number of aromatic nitrogens is 1. The van der Waals surface area contributed by atoms with E-state index < -0.39 is 0 Å². The molecule has 1 fully saturated rings. The fourth-order valence-electron chi connectivity index (χ4n) is 4.44. The predicted octanol–water partition coefficient (Wildman–Crippen LogP) is 5.82. The lowest BCUT2D eigenvalue weighted by Crippen LogP contribution is -2.35. The van der Waals surface area contributed by atoms with Crippen molar-refractivity contribution in [3.05, 3.63) is 94.6 Å². The third-order valence-corrected chi connectivity index (χ3v) is 6.72. The minimum atomic E-state index is -0.288. The fraction of sp³-hybridized carbons (Fsp3) is 0.267. The summed E-state index contributed by atoms with van der Waals surface area (Å²) in [5.41, 5.74) is 4.66. The maximum Gasteiger partial charge on any atom is 0.274 e. The van der Waals surface area contributed by atoms with Gasteiger partial charge in [0.1, 0.15) is 12.4 Å². The van der Waals surface area contributed by atoms with Crippen molar-refractivity contribution in [2.45, 2.75) is 20.1 Å². The van der Waals surface area contributed by atoms with Gasteiger partial charge in [0.25, 0.3) is 5.91 Å². The minimum Gasteiger partial charge on any atom is -0.487 e. The second-order valence-electron chi connectivity index (χ2n) is 9.10. The number of benzene rings is 3. The van der Waals surface area contributed by atoms with Gasteiger partial charge in [-0.2, -0.15) is 0 Å². The van der Waals surface area contributed by atoms with Gasteiger partial charge in [0.2, 0.25) is 0 Å². The number of hydrogen-bond acceptors (Lipinski definition) is 6. The highest BCUT2D eigenvalue weighted by Gasteiger charge is 2.25. The van der Waals surface area contributed by atoms with Crippen LogP contribution in [0.25, 0.3) is 22.5 Å². The third kappa shape index (κ3) is 6.07. The predicted molar refractivity (Wildman–Crippen MR) is 147 cm³/mol. The third-order valence-electron chi connectivity index (χ3n) is 6.43. The van der Waals surface area contributed by atoms with Gasteiger partial charge in [0.05, 0.1) is 23.8 Å². The lowest BCUT2D eigenvalue weighted by atomic mass is 9.98. The second kappa shape index (κ2) is 12.3. The molecule has 3 aromatic carbocycles. The largest absolute Gasteiger partial charge is 0.487 e. The summed E-state index contributed by atoms with van der Waals surface area (Å²) in [6.07, 6.45) is 0. The second-order valence-corrected chi connectivity index (χ2v) is 9.51. The van der Waals surface area contributed by atoms with Crippen molar-refractivity contribution < 1.29 is 18.8 Å². The van der Waals surface area contributed by atoms with Crippen LogP contribution in [0.4, 0.5) is 0 Å². The summed E-state index contributed by atoms with van der Waals surface area (Å²) < 4.78 is 17.1. The van der Waals surface area contributed by atoms with Crippen LogP contribution in [0.2, 0.25) is 5.02 Å². The van der Waals surface area contributed by atoms with E-state index in [0.29, 0.717) is 40.8 Å². The molecule has 1 aromatic heterocycles. The first kappa shape index (κ1) is 26.0. The highest BCUT2D eigenvalue weighted by Crippen LogP contribution is 2.38. The van der Waals surface area contributed by atoms with Crippen molar-refractivity contribution in [1.29, 1.82) is 0 Å². The van der Waals surface area contributed by atoms with E-state index in [1.807, 2.05) is 61.5 Å². The molecule has 0 unspecified atom stereocenters. The van der Waals surface area contributed by atoms with Crippen molar-refractivity contribution in [2.24, 2.45) is 0 Å². The summed E-state index contributed by atoms with van der Waals surface area (Å²) in [4.78, 5) is 15.2. The number of halogens is 1. The quantitative estimate of drug-likeness (QED) is 0.293. The highest BCUT2D eigenvalue weighted by atomic mass is 35.5. The molecule has 1 N–H and O–H groups in total. The molecule has 8 heteroatoms. The van der Waals surface area contributed by atoms with E-state index in [2.05, 4.69) is 27.5 Å². The number of ether oxygens (including phenoxy) is 2. The van der Waals surface area contributed by atoms with Gasteiger partial charge in [-0.3, -0.25) is 9.69 Å². The lowest BCUT2D eigenvalue weighted by molar-refractivity contribution is 0.0342. The Balaban J connectivity index is 1.42. The highest BCUT2D eigenvalue weighted by molar-refractivity contribution is 6.32. The zero-order valence-corrected chi connectivity index (χ0v) is 22.0. The van der Waals surface area contributed by atoms with Crippen LogP contribution in [0.5, 0.6) is 5.75 Å². The van der Waals surface area contributed by atoms with E-state index in [4.69, 9.17) is 25.6 Å². The van der Waals surface area contributed by atoms with E-state index >= 15 is 0 Å². The van der Waals surface area contributed by atoms with Gasteiger partial charge < -0.3 is 19.3 Å². The molecule has 0 radical (unpaired) electrons. The van der Waals surface area contributed by atoms with Crippen molar-refractivity contribution in [3.8, 4) is 28.2 Å². The van der Waals surface area contributed by atoms with Gasteiger partial charge in [-0.1, -0.05) is 71.4 Å². The van der Waals surface area contributed by atoms with Crippen LogP contribution in [-0.2, 0) is 17.9 Å². The number of carbonyl (C=O) groups is 1. The normalized spacial score (nSPS) is 13.8. The standard InChI is InChI=1S/C30H30ClN3O4/c1-2-32-30(35)28-27(23-10-8-21(9-11-23)19-34-14-16-36-17-15-34)29(38-33-28)24-12-13-26(25(31)18-24)37-20-22-6-4-3-5-7-22/h3-13,18H,2,14-17,19-20H2,1H3,(H,32,35). The molecule has 2 heterocycles. The molecule has 4 aromatic rings. The number of amides is 1. The SMILES string of the molecule is CCNC(=O)c1noc(-c2ccc(OCc3ccccc3)c(Cl)c2)c1-c1ccc(CN2CCOCC2)cc1. The van der Waals surface area contributed by atoms with Crippen LogP contribution in [0.1, 0.15) is 28.5 Å². The molecular formula is C30H30ClN3O4. The molecular weight excluding hydrogens is 502 g/mol. The average Bonchev–Trinajstić information content (AvgIpc) is 3.39. The van der Waals surface area contributed by atoms with Crippen LogP contribution in [0.3, 0.4) is 0 Å². The summed E-state index contributed by atoms with van der Waals surface area (Å²) in [5, 5.41) is 7.42. The summed E-state index contributed by atoms with van der Waals surface area (Å²) in [6.45, 7) is 6.98. The summed E-state index contributed by atoms with van der Waals surface area (Å²) >= 11 is 6.60. The molecule has 7 nitrogen and oxygen atoms in total. The van der Waals surface area contributed by atoms with Gasteiger partial charge in [-0.15, -0.1) is 0 Å². The minimum absolute atomic E-state index is 0.239. The first-order valence-electron chi connectivity index (χ1n) is 12.8. The Morgan fingerprint density at radius 1 is 1.00 bits per heavy atom. The van der Waals surface area contributed by atoms with Crippen LogP contribution < -0.4 is 10.1 Å². The van der Waals surface area contributed by atoms with Crippen molar-refractivity contribution in [1.82, 2.24) is 15.4 Å². The van der Waals surface area contributed by atoms with E-state index in [0.717, 1.165) is 44.0 Å². The van der Waals surface area contributed by atoms with Crippen LogP contribution >= 0.6 is 11.6 Å². The van der Waals surface area contributed by atoms with Crippen LogP contribution in [0, 0.1) is 0 Å². The summed E-state index contributed by atoms with van der Waals surface area (Å²) in [6, 6.07) is 23.5.